The molecule has 2 amide bonds. The summed E-state index contributed by atoms with van der Waals surface area (Å²) in [5, 5.41) is 0. The van der Waals surface area contributed by atoms with Gasteiger partial charge in [-0.25, -0.2) is 4.79 Å². The number of carbonyl (C=O) groups excluding carboxylic acids is 1. The standard InChI is InChI=1S/C10H18N2O2/c1-11(2)10(13)12-6-4-9(5-7-12)8-14-3/h4H,5-8H2,1-3H3. The molecule has 0 spiro atoms. The molecule has 0 saturated heterocycles. The second-order valence-electron chi connectivity index (χ2n) is 3.67. The van der Waals surface area contributed by atoms with Crippen molar-refractivity contribution in [2.45, 2.75) is 6.42 Å². The fourth-order valence-electron chi connectivity index (χ4n) is 1.48. The molecular weight excluding hydrogens is 180 g/mol. The lowest BCUT2D eigenvalue weighted by atomic mass is 10.1. The van der Waals surface area contributed by atoms with E-state index in [-0.39, 0.29) is 6.03 Å². The molecule has 1 heterocycles. The Hall–Kier alpha value is -1.03. The second-order valence-corrected chi connectivity index (χ2v) is 3.67. The SMILES string of the molecule is COCC1=CCN(C(=O)N(C)C)CC1. The molecule has 1 aliphatic heterocycles. The number of rotatable bonds is 2. The van der Waals surface area contributed by atoms with Gasteiger partial charge in [0, 0.05) is 34.3 Å². The van der Waals surface area contributed by atoms with Crippen molar-refractivity contribution >= 4 is 6.03 Å². The minimum atomic E-state index is 0.0812. The summed E-state index contributed by atoms with van der Waals surface area (Å²) in [6, 6.07) is 0.0812. The van der Waals surface area contributed by atoms with Gasteiger partial charge in [-0.1, -0.05) is 6.08 Å². The van der Waals surface area contributed by atoms with Crippen LogP contribution < -0.4 is 0 Å². The van der Waals surface area contributed by atoms with Gasteiger partial charge in [0.05, 0.1) is 6.61 Å². The fraction of sp³-hybridized carbons (Fsp3) is 0.700. The minimum Gasteiger partial charge on any atom is -0.380 e. The van der Waals surface area contributed by atoms with Crippen LogP contribution in [0, 0.1) is 0 Å². The molecule has 0 bridgehead atoms. The lowest BCUT2D eigenvalue weighted by Crippen LogP contribution is -2.41. The Balaban J connectivity index is 2.46. The number of nitrogens with zero attached hydrogens (tertiary/aromatic N) is 2. The summed E-state index contributed by atoms with van der Waals surface area (Å²) in [6.45, 7) is 2.19. The van der Waals surface area contributed by atoms with Crippen LogP contribution >= 0.6 is 0 Å². The fourth-order valence-corrected chi connectivity index (χ4v) is 1.48. The molecule has 0 N–H and O–H groups in total. The van der Waals surface area contributed by atoms with Crippen LogP contribution in [0.25, 0.3) is 0 Å². The van der Waals surface area contributed by atoms with Crippen molar-refractivity contribution in [1.82, 2.24) is 9.80 Å². The Labute approximate surface area is 85.1 Å². The van der Waals surface area contributed by atoms with E-state index in [0.717, 1.165) is 13.0 Å². The van der Waals surface area contributed by atoms with Crippen molar-refractivity contribution in [3.63, 3.8) is 0 Å². The van der Waals surface area contributed by atoms with Crippen molar-refractivity contribution < 1.29 is 9.53 Å². The van der Waals surface area contributed by atoms with Gasteiger partial charge in [0.2, 0.25) is 0 Å². The highest BCUT2D eigenvalue weighted by Crippen LogP contribution is 2.11. The summed E-state index contributed by atoms with van der Waals surface area (Å²) in [4.78, 5) is 15.0. The van der Waals surface area contributed by atoms with Gasteiger partial charge in [-0.2, -0.15) is 0 Å². The normalized spacial score (nSPS) is 16.5. The van der Waals surface area contributed by atoms with Gasteiger partial charge >= 0.3 is 6.03 Å². The van der Waals surface area contributed by atoms with Gasteiger partial charge in [0.25, 0.3) is 0 Å². The number of urea groups is 1. The van der Waals surface area contributed by atoms with E-state index < -0.39 is 0 Å². The van der Waals surface area contributed by atoms with E-state index in [1.54, 1.807) is 26.1 Å². The molecule has 0 atom stereocenters. The molecular formula is C10H18N2O2. The van der Waals surface area contributed by atoms with E-state index in [4.69, 9.17) is 4.74 Å². The van der Waals surface area contributed by atoms with Crippen LogP contribution in [0.15, 0.2) is 11.6 Å². The molecule has 0 aromatic heterocycles. The van der Waals surface area contributed by atoms with Crippen LogP contribution in [0.1, 0.15) is 6.42 Å². The molecule has 0 aromatic carbocycles. The maximum atomic E-state index is 11.6. The first-order chi connectivity index (χ1) is 6.65. The maximum absolute atomic E-state index is 11.6. The third kappa shape index (κ3) is 2.73. The van der Waals surface area contributed by atoms with Crippen LogP contribution in [0.2, 0.25) is 0 Å². The Kier molecular flexibility index (Phi) is 3.95. The summed E-state index contributed by atoms with van der Waals surface area (Å²) in [7, 11) is 5.24. The van der Waals surface area contributed by atoms with Crippen LogP contribution in [-0.2, 0) is 4.74 Å². The largest absolute Gasteiger partial charge is 0.380 e. The second kappa shape index (κ2) is 5.00. The zero-order valence-corrected chi connectivity index (χ0v) is 9.12. The third-order valence-corrected chi connectivity index (χ3v) is 2.29. The number of hydrogen-bond donors (Lipinski definition) is 0. The Morgan fingerprint density at radius 3 is 2.79 bits per heavy atom. The molecule has 0 radical (unpaired) electrons. The van der Waals surface area contributed by atoms with Gasteiger partial charge in [0.1, 0.15) is 0 Å². The lowest BCUT2D eigenvalue weighted by Gasteiger charge is -2.28. The predicted octanol–water partition coefficient (Wildman–Crippen LogP) is 0.946. The molecule has 0 unspecified atom stereocenters. The van der Waals surface area contributed by atoms with Gasteiger partial charge in [-0.15, -0.1) is 0 Å². The average Bonchev–Trinajstić information content (AvgIpc) is 2.18. The molecule has 0 saturated carbocycles. The summed E-state index contributed by atoms with van der Waals surface area (Å²) in [5.41, 5.74) is 1.29. The van der Waals surface area contributed by atoms with Crippen LogP contribution in [0.5, 0.6) is 0 Å². The van der Waals surface area contributed by atoms with E-state index in [2.05, 4.69) is 6.08 Å². The van der Waals surface area contributed by atoms with Crippen LogP contribution in [0.4, 0.5) is 4.79 Å². The summed E-state index contributed by atoms with van der Waals surface area (Å²) >= 11 is 0. The number of carbonyl (C=O) groups is 1. The number of hydrogen-bond acceptors (Lipinski definition) is 2. The Morgan fingerprint density at radius 2 is 2.36 bits per heavy atom. The van der Waals surface area contributed by atoms with E-state index in [1.807, 2.05) is 4.90 Å². The van der Waals surface area contributed by atoms with E-state index >= 15 is 0 Å². The zero-order valence-electron chi connectivity index (χ0n) is 9.12. The zero-order chi connectivity index (χ0) is 10.6. The first-order valence-corrected chi connectivity index (χ1v) is 4.78. The molecule has 80 valence electrons. The quantitative estimate of drug-likeness (QED) is 0.619. The lowest BCUT2D eigenvalue weighted by molar-refractivity contribution is 0.171. The Morgan fingerprint density at radius 1 is 1.64 bits per heavy atom. The first-order valence-electron chi connectivity index (χ1n) is 4.78. The molecule has 1 aliphatic rings. The van der Waals surface area contributed by atoms with Crippen LogP contribution in [-0.4, -0.2) is 56.7 Å². The topological polar surface area (TPSA) is 32.8 Å². The van der Waals surface area contributed by atoms with E-state index in [0.29, 0.717) is 13.2 Å². The van der Waals surface area contributed by atoms with Gasteiger partial charge in [0.15, 0.2) is 0 Å². The Bertz CT molecular complexity index is 236. The molecule has 14 heavy (non-hydrogen) atoms. The number of methoxy groups -OCH3 is 1. The molecule has 0 fully saturated rings. The van der Waals surface area contributed by atoms with E-state index in [9.17, 15) is 4.79 Å². The number of amides is 2. The molecule has 1 rings (SSSR count). The summed E-state index contributed by atoms with van der Waals surface area (Å²) in [5.74, 6) is 0. The van der Waals surface area contributed by atoms with Crippen LogP contribution in [0.3, 0.4) is 0 Å². The average molecular weight is 198 g/mol. The van der Waals surface area contributed by atoms with Crippen molar-refractivity contribution in [3.05, 3.63) is 11.6 Å². The monoisotopic (exact) mass is 198 g/mol. The molecule has 4 heteroatoms. The van der Waals surface area contributed by atoms with Crippen molar-refractivity contribution in [1.29, 1.82) is 0 Å². The highest BCUT2D eigenvalue weighted by molar-refractivity contribution is 5.74. The first kappa shape index (κ1) is 11.0. The highest BCUT2D eigenvalue weighted by atomic mass is 16.5. The smallest absolute Gasteiger partial charge is 0.319 e. The molecule has 0 aromatic rings. The van der Waals surface area contributed by atoms with Gasteiger partial charge < -0.3 is 14.5 Å². The van der Waals surface area contributed by atoms with Crippen molar-refractivity contribution in [2.75, 3.05) is 40.9 Å². The molecule has 0 aliphatic carbocycles. The number of ether oxygens (including phenoxy) is 1. The summed E-state index contributed by atoms with van der Waals surface area (Å²) in [6.07, 6.45) is 3.00. The highest BCUT2D eigenvalue weighted by Gasteiger charge is 2.17. The van der Waals surface area contributed by atoms with Gasteiger partial charge in [-0.05, 0) is 12.0 Å². The molecule has 4 nitrogen and oxygen atoms in total. The third-order valence-electron chi connectivity index (χ3n) is 2.29. The summed E-state index contributed by atoms with van der Waals surface area (Å²) < 4.78 is 5.04. The van der Waals surface area contributed by atoms with Gasteiger partial charge in [-0.3, -0.25) is 0 Å². The van der Waals surface area contributed by atoms with Crippen molar-refractivity contribution in [2.24, 2.45) is 0 Å². The maximum Gasteiger partial charge on any atom is 0.319 e. The predicted molar refractivity (Wildman–Crippen MR) is 55.2 cm³/mol. The van der Waals surface area contributed by atoms with E-state index in [1.165, 1.54) is 5.57 Å². The van der Waals surface area contributed by atoms with Crippen molar-refractivity contribution in [3.8, 4) is 0 Å². The minimum absolute atomic E-state index is 0.0812.